The molecule has 0 saturated heterocycles. The molecule has 3 aromatic rings. The molecule has 0 unspecified atom stereocenters. The summed E-state index contributed by atoms with van der Waals surface area (Å²) in [6, 6.07) is 12.3. The van der Waals surface area contributed by atoms with Gasteiger partial charge in [-0.25, -0.2) is 22.5 Å². The minimum Gasteiger partial charge on any atom is -0.240 e. The molecule has 0 saturated carbocycles. The van der Waals surface area contributed by atoms with Gasteiger partial charge in [-0.2, -0.15) is 0 Å². The number of fused-ring (bicyclic) bond motifs is 1. The average molecular weight is 322 g/mol. The average Bonchev–Trinajstić information content (AvgIpc) is 2.89. The highest BCUT2D eigenvalue weighted by Crippen LogP contribution is 2.21. The molecule has 1 N–H and O–H groups in total. The maximum Gasteiger partial charge on any atom is 0.240 e. The van der Waals surface area contributed by atoms with Crippen LogP contribution in [0.3, 0.4) is 0 Å². The lowest BCUT2D eigenvalue weighted by Gasteiger charge is -2.04. The number of benzene rings is 2. The van der Waals surface area contributed by atoms with Gasteiger partial charge in [-0.3, -0.25) is 0 Å². The molecule has 21 heavy (non-hydrogen) atoms. The number of sulfonamides is 1. The van der Waals surface area contributed by atoms with E-state index in [1.807, 2.05) is 24.3 Å². The van der Waals surface area contributed by atoms with Crippen LogP contribution in [0.25, 0.3) is 10.2 Å². The van der Waals surface area contributed by atoms with Crippen LogP contribution in [0.4, 0.5) is 4.39 Å². The highest BCUT2D eigenvalue weighted by atomic mass is 32.2. The fourth-order valence-electron chi connectivity index (χ4n) is 1.85. The number of nitrogens with zero attached hydrogens (tertiary/aromatic N) is 1. The molecule has 1 heterocycles. The van der Waals surface area contributed by atoms with Crippen molar-refractivity contribution in [3.8, 4) is 0 Å². The molecule has 108 valence electrons. The van der Waals surface area contributed by atoms with Crippen molar-refractivity contribution < 1.29 is 12.8 Å². The van der Waals surface area contributed by atoms with E-state index in [4.69, 9.17) is 0 Å². The fourth-order valence-corrected chi connectivity index (χ4v) is 3.84. The molecule has 0 fully saturated rings. The Morgan fingerprint density at radius 3 is 2.52 bits per heavy atom. The van der Waals surface area contributed by atoms with E-state index in [-0.39, 0.29) is 11.4 Å². The molecular formula is C14H11FN2O2S2. The molecule has 0 aliphatic rings. The SMILES string of the molecule is O=S(=O)(NCc1nc2ccccc2s1)c1ccc(F)cc1. The van der Waals surface area contributed by atoms with Crippen LogP contribution in [0.15, 0.2) is 53.4 Å². The molecule has 4 nitrogen and oxygen atoms in total. The molecule has 0 aliphatic carbocycles. The number of hydrogen-bond acceptors (Lipinski definition) is 4. The van der Waals surface area contributed by atoms with Crippen LogP contribution in [0.2, 0.25) is 0 Å². The van der Waals surface area contributed by atoms with Crippen LogP contribution in [0, 0.1) is 5.82 Å². The minimum absolute atomic E-state index is 0.0324. The first-order valence-corrected chi connectivity index (χ1v) is 8.44. The van der Waals surface area contributed by atoms with Crippen molar-refractivity contribution in [3.63, 3.8) is 0 Å². The van der Waals surface area contributed by atoms with Gasteiger partial charge < -0.3 is 0 Å². The molecule has 0 bridgehead atoms. The molecule has 0 radical (unpaired) electrons. The first-order chi connectivity index (χ1) is 10.0. The summed E-state index contributed by atoms with van der Waals surface area (Å²) in [7, 11) is -3.66. The standard InChI is InChI=1S/C14H11FN2O2S2/c15-10-5-7-11(8-6-10)21(18,19)16-9-14-17-12-3-1-2-4-13(12)20-14/h1-8,16H,9H2. The van der Waals surface area contributed by atoms with Gasteiger partial charge in [-0.05, 0) is 36.4 Å². The third kappa shape index (κ3) is 3.10. The summed E-state index contributed by atoms with van der Waals surface area (Å²) >= 11 is 1.44. The van der Waals surface area contributed by atoms with Gasteiger partial charge in [0.15, 0.2) is 0 Å². The second kappa shape index (κ2) is 5.51. The van der Waals surface area contributed by atoms with Crippen molar-refractivity contribution in [2.24, 2.45) is 0 Å². The molecule has 2 aromatic carbocycles. The van der Waals surface area contributed by atoms with E-state index in [9.17, 15) is 12.8 Å². The van der Waals surface area contributed by atoms with Crippen molar-refractivity contribution in [3.05, 3.63) is 59.4 Å². The van der Waals surface area contributed by atoms with Gasteiger partial charge in [0.05, 0.1) is 21.7 Å². The van der Waals surface area contributed by atoms with Crippen LogP contribution in [-0.2, 0) is 16.6 Å². The summed E-state index contributed by atoms with van der Waals surface area (Å²) in [4.78, 5) is 4.39. The Kier molecular flexibility index (Phi) is 3.71. The molecular weight excluding hydrogens is 311 g/mol. The second-order valence-electron chi connectivity index (χ2n) is 4.35. The van der Waals surface area contributed by atoms with Crippen molar-refractivity contribution >= 4 is 31.6 Å². The Labute approximate surface area is 125 Å². The highest BCUT2D eigenvalue weighted by Gasteiger charge is 2.14. The van der Waals surface area contributed by atoms with E-state index >= 15 is 0 Å². The minimum atomic E-state index is -3.66. The highest BCUT2D eigenvalue weighted by molar-refractivity contribution is 7.89. The zero-order valence-corrected chi connectivity index (χ0v) is 12.4. The van der Waals surface area contributed by atoms with E-state index < -0.39 is 15.8 Å². The Bertz CT molecular complexity index is 840. The lowest BCUT2D eigenvalue weighted by Crippen LogP contribution is -2.23. The first-order valence-electron chi connectivity index (χ1n) is 6.14. The normalized spacial score (nSPS) is 11.9. The summed E-state index contributed by atoms with van der Waals surface area (Å²) in [5, 5.41) is 0.682. The van der Waals surface area contributed by atoms with Gasteiger partial charge in [-0.15, -0.1) is 11.3 Å². The van der Waals surface area contributed by atoms with Crippen LogP contribution >= 0.6 is 11.3 Å². The number of nitrogens with one attached hydrogen (secondary N) is 1. The van der Waals surface area contributed by atoms with Crippen LogP contribution in [0.5, 0.6) is 0 Å². The summed E-state index contributed by atoms with van der Waals surface area (Å²) in [6.45, 7) is 0.110. The summed E-state index contributed by atoms with van der Waals surface area (Å²) < 4.78 is 40.4. The second-order valence-corrected chi connectivity index (χ2v) is 7.24. The van der Waals surface area contributed by atoms with Gasteiger partial charge in [0.1, 0.15) is 10.8 Å². The maximum absolute atomic E-state index is 12.8. The Morgan fingerprint density at radius 1 is 1.10 bits per heavy atom. The van der Waals surface area contributed by atoms with Crippen LogP contribution in [-0.4, -0.2) is 13.4 Å². The van der Waals surface area contributed by atoms with Crippen LogP contribution < -0.4 is 4.72 Å². The third-order valence-electron chi connectivity index (χ3n) is 2.88. The van der Waals surface area contributed by atoms with E-state index in [1.54, 1.807) is 0 Å². The first kappa shape index (κ1) is 14.1. The van der Waals surface area contributed by atoms with Crippen molar-refractivity contribution in [2.45, 2.75) is 11.4 Å². The number of para-hydroxylation sites is 1. The third-order valence-corrected chi connectivity index (χ3v) is 5.33. The Hall–Kier alpha value is -1.83. The van der Waals surface area contributed by atoms with Gasteiger partial charge >= 0.3 is 0 Å². The predicted octanol–water partition coefficient (Wildman–Crippen LogP) is 2.91. The molecule has 0 amide bonds. The molecule has 3 rings (SSSR count). The number of halogens is 1. The zero-order valence-electron chi connectivity index (χ0n) is 10.8. The van der Waals surface area contributed by atoms with Gasteiger partial charge in [0.2, 0.25) is 10.0 Å². The van der Waals surface area contributed by atoms with E-state index in [1.165, 1.54) is 23.5 Å². The number of rotatable bonds is 4. The smallest absolute Gasteiger partial charge is 0.240 e. The van der Waals surface area contributed by atoms with Gasteiger partial charge in [-0.1, -0.05) is 12.1 Å². The van der Waals surface area contributed by atoms with Gasteiger partial charge in [0.25, 0.3) is 0 Å². The lowest BCUT2D eigenvalue weighted by atomic mass is 10.3. The molecule has 1 aromatic heterocycles. The lowest BCUT2D eigenvalue weighted by molar-refractivity contribution is 0.580. The quantitative estimate of drug-likeness (QED) is 0.803. The van der Waals surface area contributed by atoms with E-state index in [0.717, 1.165) is 22.3 Å². The van der Waals surface area contributed by atoms with Crippen molar-refractivity contribution in [1.82, 2.24) is 9.71 Å². The zero-order chi connectivity index (χ0) is 14.9. The molecule has 7 heteroatoms. The number of hydrogen-bond donors (Lipinski definition) is 1. The Balaban J connectivity index is 1.78. The largest absolute Gasteiger partial charge is 0.240 e. The Morgan fingerprint density at radius 2 is 1.81 bits per heavy atom. The van der Waals surface area contributed by atoms with Crippen LogP contribution in [0.1, 0.15) is 5.01 Å². The van der Waals surface area contributed by atoms with E-state index in [0.29, 0.717) is 5.01 Å². The predicted molar refractivity (Wildman–Crippen MR) is 80.0 cm³/mol. The van der Waals surface area contributed by atoms with Crippen molar-refractivity contribution in [1.29, 1.82) is 0 Å². The summed E-state index contributed by atoms with van der Waals surface area (Å²) in [6.07, 6.45) is 0. The topological polar surface area (TPSA) is 59.1 Å². The van der Waals surface area contributed by atoms with Crippen molar-refractivity contribution in [2.75, 3.05) is 0 Å². The van der Waals surface area contributed by atoms with E-state index in [2.05, 4.69) is 9.71 Å². The summed E-state index contributed by atoms with van der Waals surface area (Å²) in [5.74, 6) is -0.472. The number of thiazole rings is 1. The monoisotopic (exact) mass is 322 g/mol. The maximum atomic E-state index is 12.8. The molecule has 0 spiro atoms. The molecule has 0 atom stereocenters. The van der Waals surface area contributed by atoms with Gasteiger partial charge in [0, 0.05) is 0 Å². The summed E-state index contributed by atoms with van der Waals surface area (Å²) in [5.41, 5.74) is 0.846. The number of aromatic nitrogens is 1. The fraction of sp³-hybridized carbons (Fsp3) is 0.0714. The molecule has 0 aliphatic heterocycles.